The van der Waals surface area contributed by atoms with Gasteiger partial charge in [0.15, 0.2) is 0 Å². The van der Waals surface area contributed by atoms with Crippen LogP contribution in [0.5, 0.6) is 0 Å². The van der Waals surface area contributed by atoms with Crippen molar-refractivity contribution < 1.29 is 43.2 Å². The van der Waals surface area contributed by atoms with Gasteiger partial charge in [-0.2, -0.15) is 0 Å². The van der Waals surface area contributed by atoms with Gasteiger partial charge in [-0.05, 0) is 0 Å². The first-order valence-electron chi connectivity index (χ1n) is 9.26. The molecule has 5 N–H and O–H groups in total. The van der Waals surface area contributed by atoms with Crippen molar-refractivity contribution in [1.82, 2.24) is 10.6 Å². The van der Waals surface area contributed by atoms with Crippen molar-refractivity contribution in [3.8, 4) is 0 Å². The third kappa shape index (κ3) is 21.9. The highest BCUT2D eigenvalue weighted by atomic mass is 16.6. The van der Waals surface area contributed by atoms with Crippen molar-refractivity contribution in [2.45, 2.75) is 19.3 Å². The first kappa shape index (κ1) is 26.7. The van der Waals surface area contributed by atoms with Crippen LogP contribution in [0.4, 0.5) is 0 Å². The fraction of sp³-hybridized carbons (Fsp3) is 0.765. The van der Waals surface area contributed by atoms with Crippen molar-refractivity contribution in [2.75, 3.05) is 65.9 Å². The Morgan fingerprint density at radius 2 is 1.17 bits per heavy atom. The van der Waals surface area contributed by atoms with Crippen LogP contribution >= 0.6 is 0 Å². The number of aliphatic carboxylic acids is 1. The molecule has 0 aromatic carbocycles. The second kappa shape index (κ2) is 19.1. The Kier molecular flexibility index (Phi) is 17.6. The highest BCUT2D eigenvalue weighted by molar-refractivity contribution is 5.86. The molecule has 12 heteroatoms. The van der Waals surface area contributed by atoms with Crippen LogP contribution in [-0.2, 0) is 38.1 Å². The molecular formula is C17H31N3O9. The smallest absolute Gasteiger partial charge is 0.303 e. The van der Waals surface area contributed by atoms with Gasteiger partial charge in [-0.3, -0.25) is 19.2 Å². The van der Waals surface area contributed by atoms with Gasteiger partial charge in [0, 0.05) is 19.4 Å². The van der Waals surface area contributed by atoms with Crippen molar-refractivity contribution in [2.24, 2.45) is 5.73 Å². The lowest BCUT2D eigenvalue weighted by Crippen LogP contribution is -2.38. The van der Waals surface area contributed by atoms with Gasteiger partial charge in [-0.15, -0.1) is 0 Å². The van der Waals surface area contributed by atoms with E-state index in [4.69, 9.17) is 29.8 Å². The molecule has 0 atom stereocenters. The van der Waals surface area contributed by atoms with Crippen molar-refractivity contribution in [3.05, 3.63) is 0 Å². The van der Waals surface area contributed by atoms with Crippen LogP contribution in [-0.4, -0.2) is 94.7 Å². The van der Waals surface area contributed by atoms with Crippen LogP contribution in [0.3, 0.4) is 0 Å². The molecule has 0 aliphatic carbocycles. The lowest BCUT2D eigenvalue weighted by atomic mass is 10.3. The Morgan fingerprint density at radius 1 is 0.655 bits per heavy atom. The predicted octanol–water partition coefficient (Wildman–Crippen LogP) is -1.97. The van der Waals surface area contributed by atoms with Gasteiger partial charge in [-0.25, -0.2) is 0 Å². The molecule has 0 bridgehead atoms. The van der Waals surface area contributed by atoms with E-state index < -0.39 is 17.8 Å². The molecule has 0 saturated carbocycles. The van der Waals surface area contributed by atoms with Gasteiger partial charge in [0.05, 0.1) is 65.8 Å². The number of carbonyl (C=O) groups is 4. The second-order valence-corrected chi connectivity index (χ2v) is 5.69. The third-order valence-corrected chi connectivity index (χ3v) is 3.19. The highest BCUT2D eigenvalue weighted by Crippen LogP contribution is 1.88. The lowest BCUT2D eigenvalue weighted by molar-refractivity contribution is -0.138. The minimum atomic E-state index is -1.07. The minimum absolute atomic E-state index is 0.165. The minimum Gasteiger partial charge on any atom is -0.481 e. The maximum Gasteiger partial charge on any atom is 0.303 e. The highest BCUT2D eigenvalue weighted by Gasteiger charge is 2.07. The van der Waals surface area contributed by atoms with E-state index in [9.17, 15) is 19.2 Å². The van der Waals surface area contributed by atoms with E-state index >= 15 is 0 Å². The summed E-state index contributed by atoms with van der Waals surface area (Å²) in [5, 5.41) is 13.3. The molecule has 0 aliphatic heterocycles. The zero-order valence-corrected chi connectivity index (χ0v) is 16.5. The molecule has 0 spiro atoms. The monoisotopic (exact) mass is 421 g/mol. The number of nitrogens with two attached hydrogens (primary N) is 1. The number of carboxylic acids is 1. The Balaban J connectivity index is 3.26. The van der Waals surface area contributed by atoms with Crippen LogP contribution in [0.1, 0.15) is 19.3 Å². The maximum absolute atomic E-state index is 11.5. The van der Waals surface area contributed by atoms with Crippen molar-refractivity contribution >= 4 is 23.7 Å². The third-order valence-electron chi connectivity index (χ3n) is 3.19. The fourth-order valence-corrected chi connectivity index (χ4v) is 1.75. The molecule has 0 fully saturated rings. The molecule has 0 radical (unpaired) electrons. The molecule has 3 amide bonds. The normalized spacial score (nSPS) is 10.5. The Morgan fingerprint density at radius 3 is 1.69 bits per heavy atom. The molecule has 29 heavy (non-hydrogen) atoms. The van der Waals surface area contributed by atoms with E-state index in [0.717, 1.165) is 0 Å². The summed E-state index contributed by atoms with van der Waals surface area (Å²) >= 11 is 0. The van der Waals surface area contributed by atoms with Gasteiger partial charge in [0.25, 0.3) is 0 Å². The predicted molar refractivity (Wildman–Crippen MR) is 100.0 cm³/mol. The average Bonchev–Trinajstić information content (AvgIpc) is 2.67. The summed E-state index contributed by atoms with van der Waals surface area (Å²) < 4.78 is 21.0. The molecular weight excluding hydrogens is 390 g/mol. The number of carboxylic acid groups (broad SMARTS) is 1. The summed E-state index contributed by atoms with van der Waals surface area (Å²) in [5.74, 6) is -2.34. The summed E-state index contributed by atoms with van der Waals surface area (Å²) in [6.07, 6.45) is -0.248. The molecule has 12 nitrogen and oxygen atoms in total. The summed E-state index contributed by atoms with van der Waals surface area (Å²) in [6.45, 7) is 2.99. The van der Waals surface area contributed by atoms with E-state index in [1.165, 1.54) is 0 Å². The number of nitrogens with one attached hydrogen (secondary N) is 2. The maximum atomic E-state index is 11.5. The molecule has 0 aromatic heterocycles. The van der Waals surface area contributed by atoms with Crippen LogP contribution in [0.15, 0.2) is 0 Å². The molecule has 168 valence electrons. The first-order valence-corrected chi connectivity index (χ1v) is 9.26. The summed E-state index contributed by atoms with van der Waals surface area (Å²) in [4.78, 5) is 43.5. The van der Waals surface area contributed by atoms with Gasteiger partial charge >= 0.3 is 5.97 Å². The standard InChI is InChI=1S/C17H31N3O9/c18-14(21)3-5-26-7-9-28-11-12-29-10-8-27-6-4-19-16(23)13-20-15(22)1-2-17(24)25/h1-13H2,(H2,18,21)(H,19,23)(H,20,22)(H,24,25). The summed E-state index contributed by atoms with van der Waals surface area (Å²) in [7, 11) is 0. The SMILES string of the molecule is NC(=O)CCOCCOCCOCCOCCNC(=O)CNC(=O)CCC(=O)O. The summed E-state index contributed by atoms with van der Waals surface area (Å²) in [6, 6.07) is 0. The number of carbonyl (C=O) groups excluding carboxylic acids is 3. The van der Waals surface area contributed by atoms with Crippen LogP contribution < -0.4 is 16.4 Å². The Bertz CT molecular complexity index is 489. The topological polar surface area (TPSA) is 176 Å². The summed E-state index contributed by atoms with van der Waals surface area (Å²) in [5.41, 5.74) is 4.97. The van der Waals surface area contributed by atoms with Crippen molar-refractivity contribution in [3.63, 3.8) is 0 Å². The molecule has 0 aromatic rings. The number of primary amides is 1. The first-order chi connectivity index (χ1) is 13.9. The largest absolute Gasteiger partial charge is 0.481 e. The van der Waals surface area contributed by atoms with Crippen LogP contribution in [0, 0.1) is 0 Å². The Hall–Kier alpha value is -2.28. The van der Waals surface area contributed by atoms with E-state index in [2.05, 4.69) is 10.6 Å². The van der Waals surface area contributed by atoms with Crippen molar-refractivity contribution in [1.29, 1.82) is 0 Å². The molecule has 0 unspecified atom stereocenters. The van der Waals surface area contributed by atoms with Gasteiger partial charge in [-0.1, -0.05) is 0 Å². The average molecular weight is 421 g/mol. The zero-order chi connectivity index (χ0) is 21.7. The van der Waals surface area contributed by atoms with Crippen LogP contribution in [0.2, 0.25) is 0 Å². The number of rotatable bonds is 20. The zero-order valence-electron chi connectivity index (χ0n) is 16.5. The van der Waals surface area contributed by atoms with Gasteiger partial charge in [0.2, 0.25) is 17.7 Å². The van der Waals surface area contributed by atoms with E-state index in [1.807, 2.05) is 0 Å². The molecule has 0 heterocycles. The van der Waals surface area contributed by atoms with E-state index in [-0.39, 0.29) is 44.9 Å². The quantitative estimate of drug-likeness (QED) is 0.162. The fourth-order valence-electron chi connectivity index (χ4n) is 1.75. The molecule has 0 rings (SSSR count). The van der Waals surface area contributed by atoms with E-state index in [0.29, 0.717) is 46.2 Å². The van der Waals surface area contributed by atoms with Crippen LogP contribution in [0.25, 0.3) is 0 Å². The lowest BCUT2D eigenvalue weighted by Gasteiger charge is -2.08. The van der Waals surface area contributed by atoms with E-state index in [1.54, 1.807) is 0 Å². The number of hydrogen-bond donors (Lipinski definition) is 4. The number of amides is 3. The van der Waals surface area contributed by atoms with Gasteiger partial charge in [0.1, 0.15) is 0 Å². The Labute approximate surface area is 169 Å². The molecule has 0 aliphatic rings. The van der Waals surface area contributed by atoms with Gasteiger partial charge < -0.3 is 40.4 Å². The number of hydrogen-bond acceptors (Lipinski definition) is 8. The second-order valence-electron chi connectivity index (χ2n) is 5.69. The number of ether oxygens (including phenoxy) is 4. The molecule has 0 saturated heterocycles.